The van der Waals surface area contributed by atoms with Crippen LogP contribution < -0.4 is 0 Å². The molecule has 1 saturated carbocycles. The molecule has 0 aromatic carbocycles. The Morgan fingerprint density at radius 2 is 1.64 bits per heavy atom. The molecule has 0 bridgehead atoms. The van der Waals surface area contributed by atoms with E-state index in [1.165, 1.54) is 32.1 Å². The van der Waals surface area contributed by atoms with Crippen LogP contribution in [-0.4, -0.2) is 0 Å². The lowest BCUT2D eigenvalue weighted by atomic mass is 9.85. The Labute approximate surface area is 78.6 Å². The van der Waals surface area contributed by atoms with Crippen LogP contribution in [0.3, 0.4) is 0 Å². The molecular formula is C9H13Cl2. The Balaban J connectivity index is 2.52. The minimum absolute atomic E-state index is 0.372. The standard InChI is InChI=1S/C9H13Cl2/c1-7(9(10)11)8-5-3-2-4-6-8/h8H,1-6H2. The van der Waals surface area contributed by atoms with E-state index in [0.29, 0.717) is 10.4 Å². The Bertz CT molecular complexity index is 151. The van der Waals surface area contributed by atoms with E-state index in [0.717, 1.165) is 5.57 Å². The molecule has 0 spiro atoms. The molecule has 0 aliphatic heterocycles. The van der Waals surface area contributed by atoms with Crippen molar-refractivity contribution in [3.05, 3.63) is 17.0 Å². The van der Waals surface area contributed by atoms with Crippen molar-refractivity contribution in [1.29, 1.82) is 0 Å². The first-order valence-corrected chi connectivity index (χ1v) is 4.84. The summed E-state index contributed by atoms with van der Waals surface area (Å²) in [6, 6.07) is 0. The molecule has 1 aliphatic carbocycles. The SMILES string of the molecule is [CH2]C(=C(Cl)Cl)C1CCCCC1. The highest BCUT2D eigenvalue weighted by atomic mass is 35.5. The van der Waals surface area contributed by atoms with Gasteiger partial charge in [0.05, 0.1) is 0 Å². The number of halogens is 2. The second-order valence-corrected chi connectivity index (χ2v) is 4.07. The number of hydrogen-bond acceptors (Lipinski definition) is 0. The normalized spacial score (nSPS) is 19.9. The van der Waals surface area contributed by atoms with Crippen LogP contribution in [0.4, 0.5) is 0 Å². The van der Waals surface area contributed by atoms with Crippen molar-refractivity contribution >= 4 is 23.2 Å². The largest absolute Gasteiger partial charge is 0.106 e. The average molecular weight is 192 g/mol. The summed E-state index contributed by atoms with van der Waals surface area (Å²) < 4.78 is 0.372. The first-order chi connectivity index (χ1) is 5.22. The van der Waals surface area contributed by atoms with Gasteiger partial charge in [0, 0.05) is 0 Å². The second-order valence-electron chi connectivity index (χ2n) is 3.12. The van der Waals surface area contributed by atoms with Crippen molar-refractivity contribution < 1.29 is 0 Å². The average Bonchev–Trinajstić information content (AvgIpc) is 2.05. The van der Waals surface area contributed by atoms with Crippen molar-refractivity contribution in [2.75, 3.05) is 0 Å². The molecule has 1 aliphatic rings. The third-order valence-electron chi connectivity index (χ3n) is 2.34. The summed E-state index contributed by atoms with van der Waals surface area (Å²) in [5, 5.41) is 0. The molecule has 0 unspecified atom stereocenters. The maximum atomic E-state index is 5.64. The Morgan fingerprint density at radius 3 is 2.09 bits per heavy atom. The maximum Gasteiger partial charge on any atom is 0.106 e. The van der Waals surface area contributed by atoms with Crippen LogP contribution in [0.1, 0.15) is 32.1 Å². The summed E-state index contributed by atoms with van der Waals surface area (Å²) in [7, 11) is 0. The summed E-state index contributed by atoms with van der Waals surface area (Å²) in [6.45, 7) is 3.88. The van der Waals surface area contributed by atoms with E-state index in [1.807, 2.05) is 0 Å². The van der Waals surface area contributed by atoms with E-state index < -0.39 is 0 Å². The van der Waals surface area contributed by atoms with E-state index in [1.54, 1.807) is 0 Å². The first-order valence-electron chi connectivity index (χ1n) is 4.09. The van der Waals surface area contributed by atoms with Gasteiger partial charge in [-0.2, -0.15) is 0 Å². The zero-order valence-corrected chi connectivity index (χ0v) is 8.09. The fourth-order valence-electron chi connectivity index (χ4n) is 1.61. The van der Waals surface area contributed by atoms with Crippen LogP contribution in [0.15, 0.2) is 10.1 Å². The molecule has 0 aromatic rings. The van der Waals surface area contributed by atoms with E-state index in [9.17, 15) is 0 Å². The highest BCUT2D eigenvalue weighted by molar-refractivity contribution is 6.56. The smallest absolute Gasteiger partial charge is 0.0709 e. The van der Waals surface area contributed by atoms with Crippen LogP contribution in [0.25, 0.3) is 0 Å². The molecule has 0 heterocycles. The molecule has 0 aromatic heterocycles. The van der Waals surface area contributed by atoms with Gasteiger partial charge < -0.3 is 0 Å². The summed E-state index contributed by atoms with van der Waals surface area (Å²) >= 11 is 11.3. The fourth-order valence-corrected chi connectivity index (χ4v) is 1.91. The summed E-state index contributed by atoms with van der Waals surface area (Å²) in [5.74, 6) is 0.550. The summed E-state index contributed by atoms with van der Waals surface area (Å²) in [4.78, 5) is 0. The molecule has 1 radical (unpaired) electrons. The van der Waals surface area contributed by atoms with Crippen molar-refractivity contribution in [3.8, 4) is 0 Å². The lowest BCUT2D eigenvalue weighted by molar-refractivity contribution is 0.408. The van der Waals surface area contributed by atoms with Gasteiger partial charge in [-0.3, -0.25) is 0 Å². The molecule has 0 amide bonds. The van der Waals surface area contributed by atoms with Gasteiger partial charge in [-0.05, 0) is 31.3 Å². The lowest BCUT2D eigenvalue weighted by Crippen LogP contribution is -2.07. The number of rotatable bonds is 1. The van der Waals surface area contributed by atoms with Crippen molar-refractivity contribution in [3.63, 3.8) is 0 Å². The fraction of sp³-hybridized carbons (Fsp3) is 0.667. The zero-order valence-electron chi connectivity index (χ0n) is 6.58. The molecule has 11 heavy (non-hydrogen) atoms. The molecule has 0 atom stereocenters. The van der Waals surface area contributed by atoms with Gasteiger partial charge in [0.25, 0.3) is 0 Å². The Kier molecular flexibility index (Phi) is 3.74. The van der Waals surface area contributed by atoms with Crippen molar-refractivity contribution in [1.82, 2.24) is 0 Å². The van der Waals surface area contributed by atoms with Gasteiger partial charge in [-0.1, -0.05) is 42.5 Å². The molecule has 1 fully saturated rings. The highest BCUT2D eigenvalue weighted by Gasteiger charge is 2.16. The predicted octanol–water partition coefficient (Wildman–Crippen LogP) is 4.09. The van der Waals surface area contributed by atoms with E-state index in [-0.39, 0.29) is 0 Å². The molecular weight excluding hydrogens is 179 g/mol. The maximum absolute atomic E-state index is 5.64. The van der Waals surface area contributed by atoms with Crippen LogP contribution in [0.2, 0.25) is 0 Å². The quantitative estimate of drug-likeness (QED) is 0.586. The molecule has 0 nitrogen and oxygen atoms in total. The van der Waals surface area contributed by atoms with Crippen LogP contribution in [0.5, 0.6) is 0 Å². The summed E-state index contributed by atoms with van der Waals surface area (Å²) in [6.07, 6.45) is 6.36. The van der Waals surface area contributed by atoms with Gasteiger partial charge in [0.15, 0.2) is 0 Å². The lowest BCUT2D eigenvalue weighted by Gasteiger charge is -2.22. The molecule has 2 heteroatoms. The van der Waals surface area contributed by atoms with Crippen LogP contribution >= 0.6 is 23.2 Å². The molecule has 0 saturated heterocycles. The molecule has 1 rings (SSSR count). The van der Waals surface area contributed by atoms with Gasteiger partial charge in [0.1, 0.15) is 4.49 Å². The monoisotopic (exact) mass is 191 g/mol. The minimum Gasteiger partial charge on any atom is -0.0709 e. The summed E-state index contributed by atoms with van der Waals surface area (Å²) in [5.41, 5.74) is 0.938. The van der Waals surface area contributed by atoms with Gasteiger partial charge in [-0.15, -0.1) is 0 Å². The second kappa shape index (κ2) is 4.37. The topological polar surface area (TPSA) is 0 Å². The van der Waals surface area contributed by atoms with Gasteiger partial charge >= 0.3 is 0 Å². The number of hydrogen-bond donors (Lipinski definition) is 0. The van der Waals surface area contributed by atoms with Crippen molar-refractivity contribution in [2.24, 2.45) is 5.92 Å². The first kappa shape index (κ1) is 9.41. The highest BCUT2D eigenvalue weighted by Crippen LogP contribution is 2.32. The van der Waals surface area contributed by atoms with Crippen LogP contribution in [-0.2, 0) is 0 Å². The third kappa shape index (κ3) is 2.68. The third-order valence-corrected chi connectivity index (χ3v) is 2.83. The predicted molar refractivity (Wildman–Crippen MR) is 50.7 cm³/mol. The van der Waals surface area contributed by atoms with Crippen molar-refractivity contribution in [2.45, 2.75) is 32.1 Å². The molecule has 0 N–H and O–H groups in total. The van der Waals surface area contributed by atoms with Gasteiger partial charge in [0.2, 0.25) is 0 Å². The van der Waals surface area contributed by atoms with E-state index in [2.05, 4.69) is 6.92 Å². The van der Waals surface area contributed by atoms with E-state index in [4.69, 9.17) is 23.2 Å². The molecule has 63 valence electrons. The zero-order chi connectivity index (χ0) is 8.27. The minimum atomic E-state index is 0.372. The van der Waals surface area contributed by atoms with Crippen LogP contribution in [0, 0.1) is 12.8 Å². The Hall–Kier alpha value is 0.320. The van der Waals surface area contributed by atoms with E-state index >= 15 is 0 Å². The van der Waals surface area contributed by atoms with Gasteiger partial charge in [-0.25, -0.2) is 0 Å². The Morgan fingerprint density at radius 1 is 1.09 bits per heavy atom. The number of allylic oxidation sites excluding steroid dienone is 1.